The highest BCUT2D eigenvalue weighted by molar-refractivity contribution is 5.94. The topological polar surface area (TPSA) is 84.2 Å². The van der Waals surface area contributed by atoms with Gasteiger partial charge in [0.1, 0.15) is 0 Å². The Hall–Kier alpha value is -2.04. The fourth-order valence-corrected chi connectivity index (χ4v) is 1.62. The molecule has 0 unspecified atom stereocenters. The van der Waals surface area contributed by atoms with E-state index in [9.17, 15) is 9.59 Å². The summed E-state index contributed by atoms with van der Waals surface area (Å²) in [7, 11) is 0. The summed E-state index contributed by atoms with van der Waals surface area (Å²) >= 11 is 0. The summed E-state index contributed by atoms with van der Waals surface area (Å²) in [6, 6.07) is 6.57. The zero-order valence-electron chi connectivity index (χ0n) is 9.40. The second kappa shape index (κ2) is 4.86. The minimum atomic E-state index is -0.476. The van der Waals surface area contributed by atoms with Crippen LogP contribution in [0.2, 0.25) is 0 Å². The maximum atomic E-state index is 11.5. The van der Waals surface area contributed by atoms with Gasteiger partial charge in [-0.25, -0.2) is 4.79 Å². The van der Waals surface area contributed by atoms with Crippen molar-refractivity contribution in [3.05, 3.63) is 29.8 Å². The number of rotatable bonds is 3. The lowest BCUT2D eigenvalue weighted by Crippen LogP contribution is -2.41. The van der Waals surface area contributed by atoms with Gasteiger partial charge < -0.3 is 16.4 Å². The number of nitrogens with one attached hydrogen (secondary N) is 2. The Balaban J connectivity index is 1.89. The summed E-state index contributed by atoms with van der Waals surface area (Å²) in [5, 5.41) is 5.57. The van der Waals surface area contributed by atoms with Gasteiger partial charge in [-0.2, -0.15) is 0 Å². The van der Waals surface area contributed by atoms with Crippen LogP contribution in [0.25, 0.3) is 0 Å². The van der Waals surface area contributed by atoms with Gasteiger partial charge in [-0.15, -0.1) is 0 Å². The van der Waals surface area contributed by atoms with Crippen molar-refractivity contribution in [2.75, 3.05) is 5.32 Å². The van der Waals surface area contributed by atoms with Crippen LogP contribution in [0, 0.1) is 0 Å². The molecule has 0 aromatic heterocycles. The standard InChI is InChI=1S/C12H15N3O2/c13-11(16)8-4-6-10(7-5-8)15-12(17)14-9-2-1-3-9/h4-7,9H,1-3H2,(H2,13,16)(H2,14,15,17). The van der Waals surface area contributed by atoms with Gasteiger partial charge in [0.05, 0.1) is 0 Å². The molecule has 17 heavy (non-hydrogen) atoms. The predicted octanol–water partition coefficient (Wildman–Crippen LogP) is 1.46. The SMILES string of the molecule is NC(=O)c1ccc(NC(=O)NC2CCC2)cc1. The molecule has 0 bridgehead atoms. The number of hydrogen-bond donors (Lipinski definition) is 3. The van der Waals surface area contributed by atoms with Crippen molar-refractivity contribution >= 4 is 17.6 Å². The molecule has 90 valence electrons. The first-order valence-electron chi connectivity index (χ1n) is 5.62. The number of urea groups is 1. The van der Waals surface area contributed by atoms with Gasteiger partial charge in [0.25, 0.3) is 0 Å². The molecule has 1 aromatic rings. The highest BCUT2D eigenvalue weighted by Gasteiger charge is 2.19. The average molecular weight is 233 g/mol. The smallest absolute Gasteiger partial charge is 0.319 e. The van der Waals surface area contributed by atoms with Crippen LogP contribution >= 0.6 is 0 Å². The second-order valence-corrected chi connectivity index (χ2v) is 4.17. The zero-order chi connectivity index (χ0) is 12.3. The number of hydrogen-bond acceptors (Lipinski definition) is 2. The fraction of sp³-hybridized carbons (Fsp3) is 0.333. The van der Waals surface area contributed by atoms with Gasteiger partial charge >= 0.3 is 6.03 Å². The number of carbonyl (C=O) groups is 2. The molecule has 5 heteroatoms. The van der Waals surface area contributed by atoms with Crippen LogP contribution in [0.5, 0.6) is 0 Å². The molecule has 2 rings (SSSR count). The van der Waals surface area contributed by atoms with Crippen molar-refractivity contribution in [3.8, 4) is 0 Å². The number of nitrogens with two attached hydrogens (primary N) is 1. The van der Waals surface area contributed by atoms with Crippen molar-refractivity contribution in [1.82, 2.24) is 5.32 Å². The van der Waals surface area contributed by atoms with E-state index in [1.165, 1.54) is 6.42 Å². The fourth-order valence-electron chi connectivity index (χ4n) is 1.62. The number of carbonyl (C=O) groups excluding carboxylic acids is 2. The van der Waals surface area contributed by atoms with E-state index >= 15 is 0 Å². The number of benzene rings is 1. The van der Waals surface area contributed by atoms with Crippen LogP contribution in [-0.4, -0.2) is 18.0 Å². The first-order valence-corrected chi connectivity index (χ1v) is 5.62. The lowest BCUT2D eigenvalue weighted by Gasteiger charge is -2.26. The lowest BCUT2D eigenvalue weighted by atomic mass is 9.93. The largest absolute Gasteiger partial charge is 0.366 e. The van der Waals surface area contributed by atoms with E-state index in [-0.39, 0.29) is 6.03 Å². The quantitative estimate of drug-likeness (QED) is 0.738. The molecular formula is C12H15N3O2. The van der Waals surface area contributed by atoms with E-state index in [4.69, 9.17) is 5.73 Å². The monoisotopic (exact) mass is 233 g/mol. The summed E-state index contributed by atoms with van der Waals surface area (Å²) in [6.45, 7) is 0. The molecule has 0 radical (unpaired) electrons. The maximum absolute atomic E-state index is 11.5. The Labute approximate surface area is 99.4 Å². The highest BCUT2D eigenvalue weighted by atomic mass is 16.2. The summed E-state index contributed by atoms with van der Waals surface area (Å²) in [5.74, 6) is -0.476. The van der Waals surface area contributed by atoms with Crippen molar-refractivity contribution in [2.45, 2.75) is 25.3 Å². The molecule has 1 aliphatic carbocycles. The Morgan fingerprint density at radius 3 is 2.29 bits per heavy atom. The van der Waals surface area contributed by atoms with Crippen molar-refractivity contribution < 1.29 is 9.59 Å². The highest BCUT2D eigenvalue weighted by Crippen LogP contribution is 2.18. The Bertz CT molecular complexity index is 424. The number of anilines is 1. The van der Waals surface area contributed by atoms with Crippen LogP contribution in [0.3, 0.4) is 0 Å². The van der Waals surface area contributed by atoms with Gasteiger partial charge in [-0.1, -0.05) is 0 Å². The van der Waals surface area contributed by atoms with Gasteiger partial charge in [-0.3, -0.25) is 4.79 Å². The molecule has 1 aromatic carbocycles. The summed E-state index contributed by atoms with van der Waals surface area (Å²) in [6.07, 6.45) is 3.28. The van der Waals surface area contributed by atoms with Crippen LogP contribution in [0.4, 0.5) is 10.5 Å². The first kappa shape index (κ1) is 11.4. The molecule has 1 saturated carbocycles. The molecule has 0 spiro atoms. The van der Waals surface area contributed by atoms with Gasteiger partial charge in [-0.05, 0) is 43.5 Å². The predicted molar refractivity (Wildman–Crippen MR) is 64.8 cm³/mol. The van der Waals surface area contributed by atoms with Crippen molar-refractivity contribution in [2.24, 2.45) is 5.73 Å². The molecule has 0 saturated heterocycles. The summed E-state index contributed by atoms with van der Waals surface area (Å²) in [4.78, 5) is 22.4. The Kier molecular flexibility index (Phi) is 3.27. The first-order chi connectivity index (χ1) is 8.15. The Morgan fingerprint density at radius 1 is 1.18 bits per heavy atom. The molecular weight excluding hydrogens is 218 g/mol. The second-order valence-electron chi connectivity index (χ2n) is 4.17. The average Bonchev–Trinajstić information content (AvgIpc) is 2.24. The van der Waals surface area contributed by atoms with Crippen molar-refractivity contribution in [1.29, 1.82) is 0 Å². The molecule has 4 N–H and O–H groups in total. The number of amides is 3. The van der Waals surface area contributed by atoms with E-state index in [1.54, 1.807) is 24.3 Å². The van der Waals surface area contributed by atoms with E-state index < -0.39 is 5.91 Å². The molecule has 1 fully saturated rings. The summed E-state index contributed by atoms with van der Waals surface area (Å²) in [5.41, 5.74) is 6.19. The van der Waals surface area contributed by atoms with Crippen molar-refractivity contribution in [3.63, 3.8) is 0 Å². The van der Waals surface area contributed by atoms with E-state index in [0.29, 0.717) is 17.3 Å². The van der Waals surface area contributed by atoms with Crippen LogP contribution in [0.1, 0.15) is 29.6 Å². The molecule has 5 nitrogen and oxygen atoms in total. The normalized spacial score (nSPS) is 14.8. The van der Waals surface area contributed by atoms with E-state index in [0.717, 1.165) is 12.8 Å². The third-order valence-corrected chi connectivity index (χ3v) is 2.87. The van der Waals surface area contributed by atoms with Crippen LogP contribution in [-0.2, 0) is 0 Å². The third kappa shape index (κ3) is 2.96. The van der Waals surface area contributed by atoms with Gasteiger partial charge in [0.15, 0.2) is 0 Å². The van der Waals surface area contributed by atoms with Gasteiger partial charge in [0.2, 0.25) is 5.91 Å². The van der Waals surface area contributed by atoms with E-state index in [1.807, 2.05) is 0 Å². The van der Waals surface area contributed by atoms with Gasteiger partial charge in [0, 0.05) is 17.3 Å². The third-order valence-electron chi connectivity index (χ3n) is 2.87. The molecule has 3 amide bonds. The molecule has 0 atom stereocenters. The number of primary amides is 1. The minimum Gasteiger partial charge on any atom is -0.366 e. The molecule has 1 aliphatic rings. The maximum Gasteiger partial charge on any atom is 0.319 e. The zero-order valence-corrected chi connectivity index (χ0v) is 9.40. The Morgan fingerprint density at radius 2 is 1.82 bits per heavy atom. The minimum absolute atomic E-state index is 0.207. The van der Waals surface area contributed by atoms with Crippen LogP contribution < -0.4 is 16.4 Å². The lowest BCUT2D eigenvalue weighted by molar-refractivity contribution is 0.100. The molecule has 0 heterocycles. The summed E-state index contributed by atoms with van der Waals surface area (Å²) < 4.78 is 0. The van der Waals surface area contributed by atoms with E-state index in [2.05, 4.69) is 10.6 Å². The van der Waals surface area contributed by atoms with Crippen LogP contribution in [0.15, 0.2) is 24.3 Å². The molecule has 0 aliphatic heterocycles.